The molecule has 3 aliphatic heterocycles. The number of carbonyl (C=O) groups excluding carboxylic acids is 1. The molecule has 0 bridgehead atoms. The Balaban J connectivity index is 1.23. The number of nitrogens with zero attached hydrogens (tertiary/aromatic N) is 2. The first-order valence-corrected chi connectivity index (χ1v) is 10.7. The van der Waals surface area contributed by atoms with E-state index in [4.69, 9.17) is 9.47 Å². The SMILES string of the molecule is C[C@@H]1c2cccc(C(=O)N3CCN(Cc4ccc5c(c4)CCO5)CC3)c2O[C@@H]1C. The van der Waals surface area contributed by atoms with Crippen LogP contribution in [0.4, 0.5) is 0 Å². The van der Waals surface area contributed by atoms with Gasteiger partial charge in [0.1, 0.15) is 17.6 Å². The molecule has 29 heavy (non-hydrogen) atoms. The average molecular weight is 392 g/mol. The van der Waals surface area contributed by atoms with E-state index >= 15 is 0 Å². The highest BCUT2D eigenvalue weighted by Crippen LogP contribution is 2.40. The molecule has 152 valence electrons. The zero-order chi connectivity index (χ0) is 20.0. The second kappa shape index (κ2) is 7.38. The number of ether oxygens (including phenoxy) is 2. The fourth-order valence-electron chi connectivity index (χ4n) is 4.63. The highest BCUT2D eigenvalue weighted by Gasteiger charge is 2.33. The summed E-state index contributed by atoms with van der Waals surface area (Å²) in [6.45, 7) is 9.24. The number of carbonyl (C=O) groups is 1. The summed E-state index contributed by atoms with van der Waals surface area (Å²) >= 11 is 0. The van der Waals surface area contributed by atoms with Gasteiger partial charge in [0, 0.05) is 50.6 Å². The number of rotatable bonds is 3. The lowest BCUT2D eigenvalue weighted by Crippen LogP contribution is -2.48. The number of fused-ring (bicyclic) bond motifs is 2. The zero-order valence-electron chi connectivity index (χ0n) is 17.2. The third kappa shape index (κ3) is 3.38. The van der Waals surface area contributed by atoms with Crippen LogP contribution in [0.25, 0.3) is 0 Å². The summed E-state index contributed by atoms with van der Waals surface area (Å²) in [5.41, 5.74) is 4.51. The second-order valence-corrected chi connectivity index (χ2v) is 8.44. The van der Waals surface area contributed by atoms with E-state index in [1.54, 1.807) is 0 Å². The van der Waals surface area contributed by atoms with Crippen LogP contribution in [0.1, 0.15) is 46.8 Å². The monoisotopic (exact) mass is 392 g/mol. The van der Waals surface area contributed by atoms with E-state index in [1.807, 2.05) is 17.0 Å². The minimum Gasteiger partial charge on any atom is -0.493 e. The lowest BCUT2D eigenvalue weighted by atomic mass is 9.96. The van der Waals surface area contributed by atoms with Gasteiger partial charge in [0.15, 0.2) is 0 Å². The predicted molar refractivity (Wildman–Crippen MR) is 112 cm³/mol. The molecule has 0 spiro atoms. The molecule has 1 amide bonds. The third-order valence-electron chi connectivity index (χ3n) is 6.59. The zero-order valence-corrected chi connectivity index (χ0v) is 17.2. The Hall–Kier alpha value is -2.53. The Morgan fingerprint density at radius 2 is 1.93 bits per heavy atom. The molecule has 5 heteroatoms. The summed E-state index contributed by atoms with van der Waals surface area (Å²) < 4.78 is 11.6. The molecule has 1 fully saturated rings. The van der Waals surface area contributed by atoms with E-state index in [2.05, 4.69) is 43.0 Å². The minimum absolute atomic E-state index is 0.0949. The Bertz CT molecular complexity index is 934. The Labute approximate surface area is 172 Å². The molecule has 5 rings (SSSR count). The van der Waals surface area contributed by atoms with Crippen molar-refractivity contribution in [2.24, 2.45) is 0 Å². The molecule has 0 N–H and O–H groups in total. The van der Waals surface area contributed by atoms with Crippen molar-refractivity contribution in [3.8, 4) is 11.5 Å². The second-order valence-electron chi connectivity index (χ2n) is 8.44. The van der Waals surface area contributed by atoms with Crippen molar-refractivity contribution < 1.29 is 14.3 Å². The van der Waals surface area contributed by atoms with Crippen LogP contribution < -0.4 is 9.47 Å². The first-order chi connectivity index (χ1) is 14.1. The highest BCUT2D eigenvalue weighted by molar-refractivity contribution is 5.97. The maximum absolute atomic E-state index is 13.2. The van der Waals surface area contributed by atoms with E-state index in [0.717, 1.165) is 62.8 Å². The maximum atomic E-state index is 13.2. The van der Waals surface area contributed by atoms with Crippen LogP contribution in [0.2, 0.25) is 0 Å². The smallest absolute Gasteiger partial charge is 0.257 e. The quantitative estimate of drug-likeness (QED) is 0.802. The van der Waals surface area contributed by atoms with Gasteiger partial charge in [-0.3, -0.25) is 9.69 Å². The molecular formula is C24H28N2O3. The largest absolute Gasteiger partial charge is 0.493 e. The summed E-state index contributed by atoms with van der Waals surface area (Å²) in [5, 5.41) is 0. The standard InChI is InChI=1S/C24H28N2O3/c1-16-17(2)29-23-20(16)4-3-5-21(23)24(27)26-11-9-25(10-12-26)15-18-6-7-22-19(14-18)8-13-28-22/h3-7,14,16-17H,8-13,15H2,1-2H3/t16-,17+/m0/s1. The van der Waals surface area contributed by atoms with Crippen molar-refractivity contribution in [3.63, 3.8) is 0 Å². The van der Waals surface area contributed by atoms with Gasteiger partial charge in [-0.15, -0.1) is 0 Å². The molecule has 2 atom stereocenters. The van der Waals surface area contributed by atoms with Gasteiger partial charge in [0.25, 0.3) is 5.91 Å². The topological polar surface area (TPSA) is 42.0 Å². The fraction of sp³-hybridized carbons (Fsp3) is 0.458. The third-order valence-corrected chi connectivity index (χ3v) is 6.59. The summed E-state index contributed by atoms with van der Waals surface area (Å²) in [6.07, 6.45) is 1.13. The minimum atomic E-state index is 0.0949. The van der Waals surface area contributed by atoms with E-state index in [-0.39, 0.29) is 12.0 Å². The number of amides is 1. The van der Waals surface area contributed by atoms with E-state index in [0.29, 0.717) is 11.5 Å². The molecule has 0 unspecified atom stereocenters. The van der Waals surface area contributed by atoms with Gasteiger partial charge in [-0.05, 0) is 30.2 Å². The van der Waals surface area contributed by atoms with Gasteiger partial charge in [-0.1, -0.05) is 31.2 Å². The van der Waals surface area contributed by atoms with Crippen LogP contribution in [-0.4, -0.2) is 54.6 Å². The van der Waals surface area contributed by atoms with Crippen molar-refractivity contribution in [2.75, 3.05) is 32.8 Å². The summed E-state index contributed by atoms with van der Waals surface area (Å²) in [4.78, 5) is 17.6. The van der Waals surface area contributed by atoms with Gasteiger partial charge in [-0.25, -0.2) is 0 Å². The first kappa shape index (κ1) is 18.5. The van der Waals surface area contributed by atoms with Gasteiger partial charge in [0.2, 0.25) is 0 Å². The highest BCUT2D eigenvalue weighted by atomic mass is 16.5. The normalized spacial score (nSPS) is 23.3. The van der Waals surface area contributed by atoms with Crippen LogP contribution in [0.5, 0.6) is 11.5 Å². The Kier molecular flexibility index (Phi) is 4.70. The molecule has 0 radical (unpaired) electrons. The first-order valence-electron chi connectivity index (χ1n) is 10.7. The van der Waals surface area contributed by atoms with Crippen molar-refractivity contribution >= 4 is 5.91 Å². The molecule has 2 aromatic carbocycles. The number of para-hydroxylation sites is 1. The van der Waals surface area contributed by atoms with Crippen molar-refractivity contribution in [3.05, 3.63) is 58.7 Å². The number of benzene rings is 2. The van der Waals surface area contributed by atoms with Gasteiger partial charge in [-0.2, -0.15) is 0 Å². The van der Waals surface area contributed by atoms with Crippen LogP contribution in [0.15, 0.2) is 36.4 Å². The number of piperazine rings is 1. The lowest BCUT2D eigenvalue weighted by Gasteiger charge is -2.35. The van der Waals surface area contributed by atoms with E-state index in [9.17, 15) is 4.79 Å². The summed E-state index contributed by atoms with van der Waals surface area (Å²) in [5.74, 6) is 2.25. The summed E-state index contributed by atoms with van der Waals surface area (Å²) in [6, 6.07) is 12.5. The van der Waals surface area contributed by atoms with Crippen LogP contribution in [-0.2, 0) is 13.0 Å². The molecule has 0 saturated carbocycles. The van der Waals surface area contributed by atoms with E-state index in [1.165, 1.54) is 11.1 Å². The van der Waals surface area contributed by atoms with Gasteiger partial charge in [0.05, 0.1) is 12.2 Å². The maximum Gasteiger partial charge on any atom is 0.257 e. The Morgan fingerprint density at radius 3 is 2.76 bits per heavy atom. The summed E-state index contributed by atoms with van der Waals surface area (Å²) in [7, 11) is 0. The van der Waals surface area contributed by atoms with Crippen molar-refractivity contribution in [1.82, 2.24) is 9.80 Å². The molecule has 0 aliphatic carbocycles. The molecule has 5 nitrogen and oxygen atoms in total. The van der Waals surface area contributed by atoms with E-state index < -0.39 is 0 Å². The predicted octanol–water partition coefficient (Wildman–Crippen LogP) is 3.46. The average Bonchev–Trinajstić information content (AvgIpc) is 3.32. The van der Waals surface area contributed by atoms with Gasteiger partial charge >= 0.3 is 0 Å². The Morgan fingerprint density at radius 1 is 1.10 bits per heavy atom. The molecular weight excluding hydrogens is 364 g/mol. The van der Waals surface area contributed by atoms with Crippen LogP contribution in [0, 0.1) is 0 Å². The number of hydrogen-bond donors (Lipinski definition) is 0. The van der Waals surface area contributed by atoms with Crippen molar-refractivity contribution in [1.29, 1.82) is 0 Å². The number of hydrogen-bond acceptors (Lipinski definition) is 4. The molecule has 3 aliphatic rings. The lowest BCUT2D eigenvalue weighted by molar-refractivity contribution is 0.0623. The molecule has 3 heterocycles. The molecule has 1 saturated heterocycles. The molecule has 0 aromatic heterocycles. The van der Waals surface area contributed by atoms with Gasteiger partial charge < -0.3 is 14.4 Å². The molecule has 2 aromatic rings. The van der Waals surface area contributed by atoms with Crippen LogP contribution >= 0.6 is 0 Å². The fourth-order valence-corrected chi connectivity index (χ4v) is 4.63. The van der Waals surface area contributed by atoms with Crippen molar-refractivity contribution in [2.45, 2.75) is 38.8 Å². The van der Waals surface area contributed by atoms with Crippen LogP contribution in [0.3, 0.4) is 0 Å².